The second kappa shape index (κ2) is 3.61. The van der Waals surface area contributed by atoms with Crippen molar-refractivity contribution in [3.63, 3.8) is 0 Å². The fourth-order valence-corrected chi connectivity index (χ4v) is 0.809. The number of carbonyl (C=O) groups is 1. The molecule has 1 rings (SSSR count). The van der Waals surface area contributed by atoms with Gasteiger partial charge in [0.15, 0.2) is 0 Å². The molecule has 1 aromatic rings. The molecule has 1 N–H and O–H groups in total. The van der Waals surface area contributed by atoms with Crippen LogP contribution in [0.4, 0.5) is 5.69 Å². The Kier molecular flexibility index (Phi) is 2.53. The quantitative estimate of drug-likeness (QED) is 0.673. The van der Waals surface area contributed by atoms with Gasteiger partial charge >= 0.3 is 5.97 Å². The first-order valence-corrected chi connectivity index (χ1v) is 3.41. The van der Waals surface area contributed by atoms with Crippen LogP contribution in [-0.2, 0) is 0 Å². The van der Waals surface area contributed by atoms with E-state index in [-0.39, 0.29) is 5.56 Å². The van der Waals surface area contributed by atoms with Crippen LogP contribution in [0.1, 0.15) is 17.3 Å². The molecule has 1 aromatic heterocycles. The van der Waals surface area contributed by atoms with Crippen molar-refractivity contribution in [3.8, 4) is 0 Å². The molecule has 0 bridgehead atoms. The minimum Gasteiger partial charge on any atom is -0.478 e. The Morgan fingerprint density at radius 2 is 2.50 bits per heavy atom. The molecule has 0 aromatic carbocycles. The molecule has 0 saturated heterocycles. The molecule has 1 heterocycles. The van der Waals surface area contributed by atoms with Crippen molar-refractivity contribution in [2.45, 2.75) is 6.92 Å². The maximum atomic E-state index is 10.6. The van der Waals surface area contributed by atoms with Crippen LogP contribution in [0, 0.1) is 0 Å². The predicted octanol–water partition coefficient (Wildman–Crippen LogP) is 1.50. The highest BCUT2D eigenvalue weighted by Crippen LogP contribution is 2.15. The molecule has 0 aliphatic heterocycles. The Labute approximate surface area is 69.6 Å². The van der Waals surface area contributed by atoms with Gasteiger partial charge in [-0.25, -0.2) is 4.79 Å². The minimum absolute atomic E-state index is 0.170. The van der Waals surface area contributed by atoms with E-state index in [1.807, 2.05) is 0 Å². The van der Waals surface area contributed by atoms with Crippen LogP contribution >= 0.6 is 0 Å². The summed E-state index contributed by atoms with van der Waals surface area (Å²) in [4.78, 5) is 18.2. The van der Waals surface area contributed by atoms with Gasteiger partial charge in [-0.05, 0) is 13.0 Å². The van der Waals surface area contributed by atoms with E-state index in [4.69, 9.17) is 5.11 Å². The smallest absolute Gasteiger partial charge is 0.338 e. The number of hydrogen-bond acceptors (Lipinski definition) is 3. The normalized spacial score (nSPS) is 10.4. The number of aromatic nitrogens is 1. The summed E-state index contributed by atoms with van der Waals surface area (Å²) in [6.07, 6.45) is 4.38. The van der Waals surface area contributed by atoms with Crippen LogP contribution in [-0.4, -0.2) is 22.3 Å². The van der Waals surface area contributed by atoms with E-state index in [1.54, 1.807) is 6.92 Å². The van der Waals surface area contributed by atoms with Gasteiger partial charge in [-0.1, -0.05) is 0 Å². The lowest BCUT2D eigenvalue weighted by Gasteiger charge is -1.96. The van der Waals surface area contributed by atoms with Crippen molar-refractivity contribution in [1.82, 2.24) is 4.98 Å². The maximum Gasteiger partial charge on any atom is 0.338 e. The summed E-state index contributed by atoms with van der Waals surface area (Å²) in [7, 11) is 0. The van der Waals surface area contributed by atoms with E-state index in [0.717, 1.165) is 0 Å². The van der Waals surface area contributed by atoms with Crippen LogP contribution in [0.25, 0.3) is 0 Å². The second-order valence-electron chi connectivity index (χ2n) is 2.09. The number of nitrogens with zero attached hydrogens (tertiary/aromatic N) is 2. The monoisotopic (exact) mass is 164 g/mol. The highest BCUT2D eigenvalue weighted by molar-refractivity contribution is 5.93. The summed E-state index contributed by atoms with van der Waals surface area (Å²) in [6.45, 7) is 1.72. The van der Waals surface area contributed by atoms with Crippen molar-refractivity contribution in [1.29, 1.82) is 0 Å². The summed E-state index contributed by atoms with van der Waals surface area (Å²) in [5.41, 5.74) is 0.551. The Bertz CT molecular complexity index is 321. The molecule has 4 nitrogen and oxygen atoms in total. The minimum atomic E-state index is -0.988. The fourth-order valence-electron chi connectivity index (χ4n) is 0.809. The molecule has 0 amide bonds. The van der Waals surface area contributed by atoms with E-state index in [1.165, 1.54) is 24.7 Å². The van der Waals surface area contributed by atoms with Crippen molar-refractivity contribution in [2.75, 3.05) is 0 Å². The molecular weight excluding hydrogens is 156 g/mol. The topological polar surface area (TPSA) is 62.5 Å². The van der Waals surface area contributed by atoms with E-state index < -0.39 is 5.97 Å². The highest BCUT2D eigenvalue weighted by Gasteiger charge is 2.06. The zero-order valence-electron chi connectivity index (χ0n) is 6.56. The standard InChI is InChI=1S/C8H8N2O2/c1-2-10-7-5-9-4-3-6(7)8(11)12/h2-5H,1H3,(H,11,12). The van der Waals surface area contributed by atoms with E-state index in [0.29, 0.717) is 5.69 Å². The molecule has 0 fully saturated rings. The zero-order valence-corrected chi connectivity index (χ0v) is 6.56. The maximum absolute atomic E-state index is 10.6. The molecule has 0 spiro atoms. The molecular formula is C8H8N2O2. The lowest BCUT2D eigenvalue weighted by atomic mass is 10.2. The Morgan fingerprint density at radius 3 is 3.08 bits per heavy atom. The van der Waals surface area contributed by atoms with Crippen molar-refractivity contribution in [3.05, 3.63) is 24.0 Å². The highest BCUT2D eigenvalue weighted by atomic mass is 16.4. The van der Waals surface area contributed by atoms with Gasteiger partial charge in [0.05, 0.1) is 17.4 Å². The molecule has 62 valence electrons. The van der Waals surface area contributed by atoms with Crippen LogP contribution in [0.15, 0.2) is 23.5 Å². The SMILES string of the molecule is CC=Nc1cnccc1C(=O)O. The predicted molar refractivity (Wildman–Crippen MR) is 45.0 cm³/mol. The third kappa shape index (κ3) is 1.66. The molecule has 12 heavy (non-hydrogen) atoms. The van der Waals surface area contributed by atoms with Crippen LogP contribution in [0.3, 0.4) is 0 Å². The lowest BCUT2D eigenvalue weighted by molar-refractivity contribution is 0.0697. The van der Waals surface area contributed by atoms with Crippen LogP contribution < -0.4 is 0 Å². The Morgan fingerprint density at radius 1 is 1.75 bits per heavy atom. The third-order valence-corrected chi connectivity index (χ3v) is 1.30. The van der Waals surface area contributed by atoms with Crippen molar-refractivity contribution >= 4 is 17.9 Å². The average molecular weight is 164 g/mol. The zero-order chi connectivity index (χ0) is 8.97. The molecule has 0 aliphatic rings. The number of pyridine rings is 1. The van der Waals surface area contributed by atoms with Gasteiger partial charge in [-0.3, -0.25) is 9.98 Å². The summed E-state index contributed by atoms with van der Waals surface area (Å²) in [6, 6.07) is 1.42. The Balaban J connectivity index is 3.17. The van der Waals surface area contributed by atoms with Gasteiger partial charge in [0.1, 0.15) is 0 Å². The summed E-state index contributed by atoms with van der Waals surface area (Å²) < 4.78 is 0. The number of carboxylic acids is 1. The molecule has 0 unspecified atom stereocenters. The first-order chi connectivity index (χ1) is 5.75. The summed E-state index contributed by atoms with van der Waals surface area (Å²) >= 11 is 0. The van der Waals surface area contributed by atoms with E-state index in [2.05, 4.69) is 9.98 Å². The molecule has 0 aliphatic carbocycles. The fraction of sp³-hybridized carbons (Fsp3) is 0.125. The number of hydrogen-bond donors (Lipinski definition) is 1. The van der Waals surface area contributed by atoms with Gasteiger partial charge in [-0.15, -0.1) is 0 Å². The number of carboxylic acid groups (broad SMARTS) is 1. The van der Waals surface area contributed by atoms with Crippen LogP contribution in [0.5, 0.6) is 0 Å². The average Bonchev–Trinajstić information content (AvgIpc) is 2.05. The van der Waals surface area contributed by atoms with Gasteiger partial charge in [0.25, 0.3) is 0 Å². The third-order valence-electron chi connectivity index (χ3n) is 1.30. The largest absolute Gasteiger partial charge is 0.478 e. The van der Waals surface area contributed by atoms with Gasteiger partial charge in [-0.2, -0.15) is 0 Å². The van der Waals surface area contributed by atoms with Gasteiger partial charge in [0, 0.05) is 12.4 Å². The lowest BCUT2D eigenvalue weighted by Crippen LogP contribution is -1.96. The van der Waals surface area contributed by atoms with Crippen molar-refractivity contribution in [2.24, 2.45) is 4.99 Å². The van der Waals surface area contributed by atoms with Gasteiger partial charge < -0.3 is 5.11 Å². The van der Waals surface area contributed by atoms with E-state index >= 15 is 0 Å². The summed E-state index contributed by atoms with van der Waals surface area (Å²) in [5.74, 6) is -0.988. The summed E-state index contributed by atoms with van der Waals surface area (Å²) in [5, 5.41) is 8.69. The Hall–Kier alpha value is -1.71. The van der Waals surface area contributed by atoms with Crippen LogP contribution in [0.2, 0.25) is 0 Å². The molecule has 0 saturated carbocycles. The molecule has 0 radical (unpaired) electrons. The van der Waals surface area contributed by atoms with Crippen molar-refractivity contribution < 1.29 is 9.90 Å². The van der Waals surface area contributed by atoms with E-state index in [9.17, 15) is 4.79 Å². The number of aliphatic imine (C=N–C) groups is 1. The molecule has 4 heteroatoms. The first-order valence-electron chi connectivity index (χ1n) is 3.41. The van der Waals surface area contributed by atoms with Gasteiger partial charge in [0.2, 0.25) is 0 Å². The second-order valence-corrected chi connectivity index (χ2v) is 2.09. The number of rotatable bonds is 2. The number of aromatic carboxylic acids is 1. The molecule has 0 atom stereocenters. The first kappa shape index (κ1) is 8.39.